The number of aromatic nitrogens is 3. The molecule has 0 N–H and O–H groups in total. The van der Waals surface area contributed by atoms with Gasteiger partial charge in [0, 0.05) is 6.20 Å². The van der Waals surface area contributed by atoms with Crippen LogP contribution in [0.1, 0.15) is 11.1 Å². The van der Waals surface area contributed by atoms with Gasteiger partial charge in [0.2, 0.25) is 0 Å². The molecule has 2 aromatic heterocycles. The highest BCUT2D eigenvalue weighted by Crippen LogP contribution is 2.36. The zero-order valence-corrected chi connectivity index (χ0v) is 9.16. The van der Waals surface area contributed by atoms with Crippen molar-refractivity contribution in [3.8, 4) is 11.4 Å². The Morgan fingerprint density at radius 2 is 1.78 bits per heavy atom. The van der Waals surface area contributed by atoms with E-state index in [0.717, 1.165) is 18.6 Å². The minimum absolute atomic E-state index is 0.334. The Morgan fingerprint density at radius 3 is 2.39 bits per heavy atom. The maximum atomic E-state index is 13.4. The van der Waals surface area contributed by atoms with Crippen LogP contribution in [0.3, 0.4) is 0 Å². The Hall–Kier alpha value is -2.05. The molecule has 94 valence electrons. The summed E-state index contributed by atoms with van der Waals surface area (Å²) in [6.07, 6.45) is -1.62. The summed E-state index contributed by atoms with van der Waals surface area (Å²) in [5.41, 5.74) is -1.68. The molecule has 0 radical (unpaired) electrons. The average molecular weight is 257 g/mol. The van der Waals surface area contributed by atoms with E-state index in [1.54, 1.807) is 0 Å². The van der Waals surface area contributed by atoms with E-state index in [0.29, 0.717) is 5.56 Å². The normalized spacial score (nSPS) is 11.6. The van der Waals surface area contributed by atoms with Crippen molar-refractivity contribution in [3.05, 3.63) is 41.7 Å². The van der Waals surface area contributed by atoms with Crippen LogP contribution in [0, 0.1) is 12.7 Å². The van der Waals surface area contributed by atoms with Crippen LogP contribution in [0.4, 0.5) is 17.6 Å². The second-order valence-corrected chi connectivity index (χ2v) is 3.63. The van der Waals surface area contributed by atoms with Crippen LogP contribution in [0.15, 0.2) is 24.8 Å². The number of aryl methyl sites for hydroxylation is 1. The lowest BCUT2D eigenvalue weighted by Crippen LogP contribution is -2.10. The summed E-state index contributed by atoms with van der Waals surface area (Å²) in [6, 6.07) is 0.907. The van der Waals surface area contributed by atoms with Crippen LogP contribution in [-0.2, 0) is 6.18 Å². The third-order valence-corrected chi connectivity index (χ3v) is 2.22. The molecule has 0 saturated carbocycles. The van der Waals surface area contributed by atoms with Gasteiger partial charge in [0.25, 0.3) is 0 Å². The van der Waals surface area contributed by atoms with E-state index in [4.69, 9.17) is 0 Å². The van der Waals surface area contributed by atoms with Crippen LogP contribution in [-0.4, -0.2) is 15.0 Å². The van der Waals surface area contributed by atoms with Gasteiger partial charge in [0.05, 0.1) is 11.8 Å². The summed E-state index contributed by atoms with van der Waals surface area (Å²) in [4.78, 5) is 10.5. The number of hydrogen-bond acceptors (Lipinski definition) is 3. The van der Waals surface area contributed by atoms with Crippen LogP contribution in [0.5, 0.6) is 0 Å². The predicted molar refractivity (Wildman–Crippen MR) is 55.0 cm³/mol. The minimum atomic E-state index is -4.62. The number of halogens is 4. The Morgan fingerprint density at radius 1 is 1.06 bits per heavy atom. The van der Waals surface area contributed by atoms with Gasteiger partial charge in [-0.25, -0.2) is 14.4 Å². The predicted octanol–water partition coefficient (Wildman–Crippen LogP) is 3.00. The fraction of sp³-hybridized carbons (Fsp3) is 0.182. The topological polar surface area (TPSA) is 38.7 Å². The van der Waals surface area contributed by atoms with Crippen LogP contribution in [0.2, 0.25) is 0 Å². The second-order valence-electron chi connectivity index (χ2n) is 3.63. The van der Waals surface area contributed by atoms with Gasteiger partial charge in [-0.1, -0.05) is 0 Å². The van der Waals surface area contributed by atoms with Gasteiger partial charge >= 0.3 is 6.18 Å². The summed E-state index contributed by atoms with van der Waals surface area (Å²) < 4.78 is 51.9. The third kappa shape index (κ3) is 2.29. The van der Waals surface area contributed by atoms with Gasteiger partial charge in [-0.05, 0) is 18.6 Å². The number of hydrogen-bond donors (Lipinski definition) is 0. The molecule has 0 fully saturated rings. The summed E-state index contributed by atoms with van der Waals surface area (Å²) >= 11 is 0. The molecule has 0 saturated heterocycles. The van der Waals surface area contributed by atoms with Crippen molar-refractivity contribution in [2.24, 2.45) is 0 Å². The number of pyridine rings is 1. The van der Waals surface area contributed by atoms with Crippen molar-refractivity contribution < 1.29 is 17.6 Å². The Balaban J connectivity index is 2.69. The molecule has 0 amide bonds. The van der Waals surface area contributed by atoms with Crippen LogP contribution < -0.4 is 0 Å². The fourth-order valence-corrected chi connectivity index (χ4v) is 1.46. The van der Waals surface area contributed by atoms with Crippen molar-refractivity contribution in [2.45, 2.75) is 13.1 Å². The number of nitrogens with zero attached hydrogens (tertiary/aromatic N) is 3. The number of alkyl halides is 3. The van der Waals surface area contributed by atoms with Gasteiger partial charge in [0.1, 0.15) is 17.7 Å². The highest BCUT2D eigenvalue weighted by atomic mass is 19.4. The molecule has 7 heteroatoms. The summed E-state index contributed by atoms with van der Waals surface area (Å²) in [6.45, 7) is 1.47. The summed E-state index contributed by atoms with van der Waals surface area (Å²) in [5, 5.41) is 0. The minimum Gasteiger partial charge on any atom is -0.254 e. The van der Waals surface area contributed by atoms with Crippen molar-refractivity contribution in [2.75, 3.05) is 0 Å². The van der Waals surface area contributed by atoms with Gasteiger partial charge in [-0.3, -0.25) is 4.98 Å². The first kappa shape index (κ1) is 12.4. The molecule has 0 aromatic carbocycles. The Bertz CT molecular complexity index is 581. The molecular formula is C11H7F4N3. The van der Waals surface area contributed by atoms with Gasteiger partial charge in [-0.15, -0.1) is 0 Å². The van der Waals surface area contributed by atoms with E-state index in [2.05, 4.69) is 15.0 Å². The van der Waals surface area contributed by atoms with Gasteiger partial charge in [0.15, 0.2) is 5.82 Å². The molecule has 2 aromatic rings. The second kappa shape index (κ2) is 4.32. The Kier molecular flexibility index (Phi) is 2.98. The molecule has 0 aliphatic rings. The molecule has 2 heterocycles. The first-order chi connectivity index (χ1) is 8.39. The number of rotatable bonds is 1. The third-order valence-electron chi connectivity index (χ3n) is 2.22. The first-order valence-corrected chi connectivity index (χ1v) is 4.89. The maximum Gasteiger partial charge on any atom is 0.418 e. The van der Waals surface area contributed by atoms with E-state index in [1.165, 1.54) is 13.1 Å². The quantitative estimate of drug-likeness (QED) is 0.737. The lowest BCUT2D eigenvalue weighted by molar-refractivity contribution is -0.137. The van der Waals surface area contributed by atoms with Crippen molar-refractivity contribution in [1.29, 1.82) is 0 Å². The highest BCUT2D eigenvalue weighted by molar-refractivity contribution is 5.60. The average Bonchev–Trinajstić information content (AvgIpc) is 2.29. The van der Waals surface area contributed by atoms with Gasteiger partial charge in [-0.2, -0.15) is 13.2 Å². The summed E-state index contributed by atoms with van der Waals surface area (Å²) in [7, 11) is 0. The standard InChI is InChI=1S/C11H7F4N3/c1-6-2-7(11(13,14)15)9(17-3-6)10-8(12)4-16-5-18-10/h2-5H,1H3. The molecule has 0 atom stereocenters. The highest BCUT2D eigenvalue weighted by Gasteiger charge is 2.35. The van der Waals surface area contributed by atoms with Crippen molar-refractivity contribution in [3.63, 3.8) is 0 Å². The molecule has 18 heavy (non-hydrogen) atoms. The molecule has 0 unspecified atom stereocenters. The Labute approximate surface area is 99.5 Å². The van der Waals surface area contributed by atoms with E-state index >= 15 is 0 Å². The molecule has 0 bridgehead atoms. The van der Waals surface area contributed by atoms with E-state index < -0.39 is 28.9 Å². The maximum absolute atomic E-state index is 13.4. The van der Waals surface area contributed by atoms with Gasteiger partial charge < -0.3 is 0 Å². The smallest absolute Gasteiger partial charge is 0.254 e. The van der Waals surface area contributed by atoms with Crippen LogP contribution in [0.25, 0.3) is 11.4 Å². The van der Waals surface area contributed by atoms with E-state index in [1.807, 2.05) is 0 Å². The zero-order valence-electron chi connectivity index (χ0n) is 9.16. The molecule has 2 rings (SSSR count). The lowest BCUT2D eigenvalue weighted by Gasteiger charge is -2.12. The van der Waals surface area contributed by atoms with Crippen molar-refractivity contribution >= 4 is 0 Å². The van der Waals surface area contributed by atoms with Crippen LogP contribution >= 0.6 is 0 Å². The van der Waals surface area contributed by atoms with Crippen molar-refractivity contribution in [1.82, 2.24) is 15.0 Å². The molecule has 0 spiro atoms. The molecule has 0 aliphatic carbocycles. The monoisotopic (exact) mass is 257 g/mol. The molecule has 3 nitrogen and oxygen atoms in total. The first-order valence-electron chi connectivity index (χ1n) is 4.89. The SMILES string of the molecule is Cc1cnc(-c2ncncc2F)c(C(F)(F)F)c1. The lowest BCUT2D eigenvalue weighted by atomic mass is 10.1. The fourth-order valence-electron chi connectivity index (χ4n) is 1.46. The largest absolute Gasteiger partial charge is 0.418 e. The van der Waals surface area contributed by atoms with E-state index in [9.17, 15) is 17.6 Å². The van der Waals surface area contributed by atoms with E-state index in [-0.39, 0.29) is 0 Å². The molecule has 0 aliphatic heterocycles. The molecular weight excluding hydrogens is 250 g/mol. The summed E-state index contributed by atoms with van der Waals surface area (Å²) in [5.74, 6) is -0.945. The zero-order chi connectivity index (χ0) is 13.3.